The molecule has 21 heavy (non-hydrogen) atoms. The van der Waals surface area contributed by atoms with Crippen LogP contribution in [0.5, 0.6) is 11.5 Å². The molecule has 8 heteroatoms. The van der Waals surface area contributed by atoms with Gasteiger partial charge in [0.1, 0.15) is 11.5 Å². The van der Waals surface area contributed by atoms with E-state index < -0.39 is 23.4 Å². The molecule has 0 spiro atoms. The van der Waals surface area contributed by atoms with Gasteiger partial charge < -0.3 is 14.8 Å². The number of methoxy groups -OCH3 is 2. The molecule has 0 saturated heterocycles. The molecule has 1 N–H and O–H groups in total. The molecule has 1 heterocycles. The summed E-state index contributed by atoms with van der Waals surface area (Å²) in [7, 11) is 2.80. The smallest absolute Gasteiger partial charge is 0.251 e. The molecule has 0 amide bonds. The van der Waals surface area contributed by atoms with Crippen LogP contribution in [0.25, 0.3) is 0 Å². The number of hydrogen-bond donors (Lipinski definition) is 1. The lowest BCUT2D eigenvalue weighted by molar-refractivity contribution is 0.395. The second-order valence-corrected chi connectivity index (χ2v) is 4.31. The number of anilines is 2. The van der Waals surface area contributed by atoms with E-state index in [1.165, 1.54) is 26.4 Å². The molecule has 0 unspecified atom stereocenters. The lowest BCUT2D eigenvalue weighted by Gasteiger charge is -2.13. The first-order valence-electron chi connectivity index (χ1n) is 5.66. The SMILES string of the molecule is COc1cc(OC)c(Nc2nc(F)c(F)cc2F)cc1Cl. The quantitative estimate of drug-likeness (QED) is 0.868. The molecule has 2 aromatic rings. The Morgan fingerprint density at radius 2 is 1.67 bits per heavy atom. The molecule has 4 nitrogen and oxygen atoms in total. The molecule has 1 aromatic heterocycles. The van der Waals surface area contributed by atoms with Crippen molar-refractivity contribution in [3.63, 3.8) is 0 Å². The van der Waals surface area contributed by atoms with Crippen molar-refractivity contribution >= 4 is 23.1 Å². The van der Waals surface area contributed by atoms with E-state index in [9.17, 15) is 13.2 Å². The summed E-state index contributed by atoms with van der Waals surface area (Å²) < 4.78 is 49.6. The largest absolute Gasteiger partial charge is 0.495 e. The first kappa shape index (κ1) is 15.2. The highest BCUT2D eigenvalue weighted by Gasteiger charge is 2.15. The van der Waals surface area contributed by atoms with Gasteiger partial charge in [-0.2, -0.15) is 9.37 Å². The van der Waals surface area contributed by atoms with Gasteiger partial charge in [-0.1, -0.05) is 11.6 Å². The minimum Gasteiger partial charge on any atom is -0.495 e. The van der Waals surface area contributed by atoms with Gasteiger partial charge in [0, 0.05) is 12.1 Å². The minimum atomic E-state index is -1.42. The van der Waals surface area contributed by atoms with Gasteiger partial charge in [-0.05, 0) is 6.07 Å². The summed E-state index contributed by atoms with van der Waals surface area (Å²) >= 11 is 5.95. The highest BCUT2D eigenvalue weighted by molar-refractivity contribution is 6.32. The third-order valence-electron chi connectivity index (χ3n) is 2.61. The molecule has 112 valence electrons. The fourth-order valence-electron chi connectivity index (χ4n) is 1.62. The Hall–Kier alpha value is -2.15. The van der Waals surface area contributed by atoms with Crippen LogP contribution in [0.1, 0.15) is 0 Å². The number of nitrogens with one attached hydrogen (secondary N) is 1. The van der Waals surface area contributed by atoms with Crippen molar-refractivity contribution < 1.29 is 22.6 Å². The van der Waals surface area contributed by atoms with E-state index in [4.69, 9.17) is 21.1 Å². The fraction of sp³-hybridized carbons (Fsp3) is 0.154. The molecule has 0 atom stereocenters. The lowest BCUT2D eigenvalue weighted by Crippen LogP contribution is -2.03. The highest BCUT2D eigenvalue weighted by atomic mass is 35.5. The van der Waals surface area contributed by atoms with Gasteiger partial charge in [0.2, 0.25) is 0 Å². The van der Waals surface area contributed by atoms with Crippen LogP contribution in [-0.4, -0.2) is 19.2 Å². The van der Waals surface area contributed by atoms with Crippen molar-refractivity contribution in [3.8, 4) is 11.5 Å². The van der Waals surface area contributed by atoms with Crippen molar-refractivity contribution in [2.75, 3.05) is 19.5 Å². The Balaban J connectivity index is 2.44. The van der Waals surface area contributed by atoms with Crippen molar-refractivity contribution in [1.29, 1.82) is 0 Å². The van der Waals surface area contributed by atoms with Crippen LogP contribution < -0.4 is 14.8 Å². The number of ether oxygens (including phenoxy) is 2. The summed E-state index contributed by atoms with van der Waals surface area (Å²) in [6.45, 7) is 0. The monoisotopic (exact) mass is 318 g/mol. The molecule has 0 saturated carbocycles. The highest BCUT2D eigenvalue weighted by Crippen LogP contribution is 2.37. The standard InChI is InChI=1S/C13H10ClF3N2O2/c1-20-10-5-11(21-2)9(3-6(10)14)18-13-8(16)4-7(15)12(17)19-13/h3-5H,1-2H3,(H,18,19). The second kappa shape index (κ2) is 6.09. The summed E-state index contributed by atoms with van der Waals surface area (Å²) in [5.41, 5.74) is 0.223. The Labute approximate surface area is 123 Å². The van der Waals surface area contributed by atoms with E-state index in [2.05, 4.69) is 10.3 Å². The van der Waals surface area contributed by atoms with E-state index >= 15 is 0 Å². The van der Waals surface area contributed by atoms with E-state index in [0.717, 1.165) is 0 Å². The zero-order valence-corrected chi connectivity index (χ0v) is 11.8. The lowest BCUT2D eigenvalue weighted by atomic mass is 10.2. The van der Waals surface area contributed by atoms with Crippen molar-refractivity contribution in [2.45, 2.75) is 0 Å². The zero-order valence-electron chi connectivity index (χ0n) is 11.0. The minimum absolute atomic E-state index is 0.223. The third-order valence-corrected chi connectivity index (χ3v) is 2.91. The van der Waals surface area contributed by atoms with Crippen molar-refractivity contribution in [2.24, 2.45) is 0 Å². The van der Waals surface area contributed by atoms with Crippen LogP contribution in [0.3, 0.4) is 0 Å². The van der Waals surface area contributed by atoms with E-state index in [1.54, 1.807) is 0 Å². The van der Waals surface area contributed by atoms with E-state index in [0.29, 0.717) is 11.8 Å². The molecule has 2 rings (SSSR count). The van der Waals surface area contributed by atoms with Gasteiger partial charge in [-0.25, -0.2) is 8.78 Å². The number of hydrogen-bond acceptors (Lipinski definition) is 4. The van der Waals surface area contributed by atoms with E-state index in [1.807, 2.05) is 0 Å². The molecule has 0 aliphatic rings. The van der Waals surface area contributed by atoms with Gasteiger partial charge >= 0.3 is 0 Å². The number of halogens is 4. The topological polar surface area (TPSA) is 43.4 Å². The molecule has 0 bridgehead atoms. The van der Waals surface area contributed by atoms with Gasteiger partial charge in [-0.3, -0.25) is 0 Å². The number of pyridine rings is 1. The Morgan fingerprint density at radius 3 is 2.29 bits per heavy atom. The first-order valence-corrected chi connectivity index (χ1v) is 6.04. The first-order chi connectivity index (χ1) is 9.96. The van der Waals surface area contributed by atoms with Gasteiger partial charge in [-0.15, -0.1) is 0 Å². The summed E-state index contributed by atoms with van der Waals surface area (Å²) in [6.07, 6.45) is 0. The fourth-order valence-corrected chi connectivity index (χ4v) is 1.86. The van der Waals surface area contributed by atoms with Crippen molar-refractivity contribution in [1.82, 2.24) is 4.98 Å². The average Bonchev–Trinajstić information content (AvgIpc) is 2.45. The Kier molecular flexibility index (Phi) is 4.42. The maximum atomic E-state index is 13.6. The predicted octanol–water partition coefficient (Wildman–Crippen LogP) is 3.91. The molecule has 1 aromatic carbocycles. The third kappa shape index (κ3) is 3.13. The van der Waals surface area contributed by atoms with Gasteiger partial charge in [0.15, 0.2) is 17.5 Å². The number of rotatable bonds is 4. The molecule has 0 aliphatic heterocycles. The number of benzene rings is 1. The maximum absolute atomic E-state index is 13.6. The summed E-state index contributed by atoms with van der Waals surface area (Å²) in [4.78, 5) is 3.16. The normalized spacial score (nSPS) is 10.4. The molecule has 0 aliphatic carbocycles. The van der Waals surface area contributed by atoms with Crippen LogP contribution in [-0.2, 0) is 0 Å². The number of nitrogens with zero attached hydrogens (tertiary/aromatic N) is 1. The van der Waals surface area contributed by atoms with Crippen LogP contribution in [0.15, 0.2) is 18.2 Å². The second-order valence-electron chi connectivity index (χ2n) is 3.90. The van der Waals surface area contributed by atoms with Gasteiger partial charge in [0.25, 0.3) is 5.95 Å². The predicted molar refractivity (Wildman–Crippen MR) is 71.9 cm³/mol. The number of aromatic nitrogens is 1. The average molecular weight is 319 g/mol. The van der Waals surface area contributed by atoms with Crippen LogP contribution in [0, 0.1) is 17.6 Å². The molecule has 0 fully saturated rings. The molecular formula is C13H10ClF3N2O2. The van der Waals surface area contributed by atoms with Crippen LogP contribution >= 0.6 is 11.6 Å². The van der Waals surface area contributed by atoms with Crippen LogP contribution in [0.2, 0.25) is 5.02 Å². The maximum Gasteiger partial charge on any atom is 0.251 e. The molecule has 0 radical (unpaired) electrons. The van der Waals surface area contributed by atoms with E-state index in [-0.39, 0.29) is 16.5 Å². The van der Waals surface area contributed by atoms with Crippen molar-refractivity contribution in [3.05, 3.63) is 40.8 Å². The van der Waals surface area contributed by atoms with Crippen LogP contribution in [0.4, 0.5) is 24.7 Å². The summed E-state index contributed by atoms with van der Waals surface area (Å²) in [6, 6.07) is 3.24. The molecular weight excluding hydrogens is 309 g/mol. The van der Waals surface area contributed by atoms with Gasteiger partial charge in [0.05, 0.1) is 24.9 Å². The summed E-state index contributed by atoms with van der Waals surface area (Å²) in [5, 5.41) is 2.72. The zero-order chi connectivity index (χ0) is 15.6. The Morgan fingerprint density at radius 1 is 1.00 bits per heavy atom. The summed E-state index contributed by atoms with van der Waals surface area (Å²) in [5.74, 6) is -3.73. The Bertz CT molecular complexity index is 683.